The lowest BCUT2D eigenvalue weighted by Gasteiger charge is -2.13. The fourth-order valence-electron chi connectivity index (χ4n) is 2.23. The van der Waals surface area contributed by atoms with Crippen LogP contribution in [0.4, 0.5) is 0 Å². The Morgan fingerprint density at radius 3 is 2.32 bits per heavy atom. The van der Waals surface area contributed by atoms with Gasteiger partial charge in [-0.3, -0.25) is 4.98 Å². The summed E-state index contributed by atoms with van der Waals surface area (Å²) in [6.07, 6.45) is 3.99. The van der Waals surface area contributed by atoms with Crippen LogP contribution in [0.1, 0.15) is 42.2 Å². The first-order valence-electron chi connectivity index (χ1n) is 6.74. The average molecular weight is 255 g/mol. The van der Waals surface area contributed by atoms with E-state index in [2.05, 4.69) is 31.0 Å². The van der Waals surface area contributed by atoms with E-state index in [1.807, 2.05) is 25.1 Å². The van der Waals surface area contributed by atoms with E-state index in [1.165, 1.54) is 5.56 Å². The minimum absolute atomic E-state index is 0.597. The second-order valence-corrected chi connectivity index (χ2v) is 5.54. The molecule has 0 radical (unpaired) electrons. The second-order valence-electron chi connectivity index (χ2n) is 5.54. The first kappa shape index (κ1) is 13.8. The molecule has 19 heavy (non-hydrogen) atoms. The summed E-state index contributed by atoms with van der Waals surface area (Å²) in [5.74, 6) is 0.650. The quantitative estimate of drug-likeness (QED) is 0.904. The fraction of sp³-hybridized carbons (Fsp3) is 0.353. The van der Waals surface area contributed by atoms with Crippen LogP contribution in [0.15, 0.2) is 42.7 Å². The van der Waals surface area contributed by atoms with E-state index in [1.54, 1.807) is 12.4 Å². The van der Waals surface area contributed by atoms with Gasteiger partial charge in [-0.05, 0) is 36.0 Å². The Morgan fingerprint density at radius 2 is 1.74 bits per heavy atom. The lowest BCUT2D eigenvalue weighted by atomic mass is 9.98. The van der Waals surface area contributed by atoms with Crippen molar-refractivity contribution in [3.63, 3.8) is 0 Å². The molecule has 1 unspecified atom stereocenters. The number of benzene rings is 1. The Morgan fingerprint density at radius 1 is 1.05 bits per heavy atom. The van der Waals surface area contributed by atoms with E-state index in [0.717, 1.165) is 23.1 Å². The highest BCUT2D eigenvalue weighted by molar-refractivity contribution is 5.32. The van der Waals surface area contributed by atoms with Crippen molar-refractivity contribution in [1.82, 2.24) is 4.98 Å². The number of hydrogen-bond donors (Lipinski definition) is 1. The average Bonchev–Trinajstić information content (AvgIpc) is 2.38. The van der Waals surface area contributed by atoms with Gasteiger partial charge in [0, 0.05) is 18.0 Å². The van der Waals surface area contributed by atoms with Crippen molar-refractivity contribution < 1.29 is 5.11 Å². The second kappa shape index (κ2) is 5.98. The molecule has 0 spiro atoms. The third kappa shape index (κ3) is 3.65. The lowest BCUT2D eigenvalue weighted by molar-refractivity contribution is 0.220. The van der Waals surface area contributed by atoms with Gasteiger partial charge in [-0.1, -0.05) is 44.2 Å². The number of pyridine rings is 1. The molecule has 2 heteroatoms. The van der Waals surface area contributed by atoms with Crippen LogP contribution in [0.3, 0.4) is 0 Å². The van der Waals surface area contributed by atoms with Crippen LogP contribution in [-0.2, 0) is 6.42 Å². The molecule has 100 valence electrons. The van der Waals surface area contributed by atoms with Crippen molar-refractivity contribution in [2.24, 2.45) is 5.92 Å². The molecule has 2 aromatic rings. The summed E-state index contributed by atoms with van der Waals surface area (Å²) in [7, 11) is 0. The maximum absolute atomic E-state index is 10.3. The number of aryl methyl sites for hydroxylation is 1. The zero-order valence-corrected chi connectivity index (χ0v) is 11.8. The smallest absolute Gasteiger partial charge is 0.106 e. The van der Waals surface area contributed by atoms with Crippen molar-refractivity contribution in [2.75, 3.05) is 0 Å². The topological polar surface area (TPSA) is 33.1 Å². The Bertz CT molecular complexity index is 531. The molecule has 1 aromatic heterocycles. The molecule has 2 nitrogen and oxygen atoms in total. The number of nitrogens with zero attached hydrogens (tertiary/aromatic N) is 1. The van der Waals surface area contributed by atoms with Crippen molar-refractivity contribution in [1.29, 1.82) is 0 Å². The van der Waals surface area contributed by atoms with Gasteiger partial charge in [0.15, 0.2) is 0 Å². The molecule has 0 saturated heterocycles. The highest BCUT2D eigenvalue weighted by atomic mass is 16.3. The van der Waals surface area contributed by atoms with Crippen LogP contribution in [0.2, 0.25) is 0 Å². The minimum atomic E-state index is -0.597. The van der Waals surface area contributed by atoms with Crippen molar-refractivity contribution in [3.05, 3.63) is 65.0 Å². The van der Waals surface area contributed by atoms with Gasteiger partial charge in [-0.25, -0.2) is 0 Å². The molecule has 0 saturated carbocycles. The van der Waals surface area contributed by atoms with Crippen molar-refractivity contribution >= 4 is 0 Å². The number of aliphatic hydroxyl groups is 1. The van der Waals surface area contributed by atoms with Crippen molar-refractivity contribution in [2.45, 2.75) is 33.3 Å². The monoisotopic (exact) mass is 255 g/mol. The fourth-order valence-corrected chi connectivity index (χ4v) is 2.23. The van der Waals surface area contributed by atoms with Gasteiger partial charge in [0.1, 0.15) is 6.10 Å². The van der Waals surface area contributed by atoms with Gasteiger partial charge in [-0.15, -0.1) is 0 Å². The predicted molar refractivity (Wildman–Crippen MR) is 78.0 cm³/mol. The largest absolute Gasteiger partial charge is 0.384 e. The first-order chi connectivity index (χ1) is 9.06. The number of hydrogen-bond acceptors (Lipinski definition) is 2. The van der Waals surface area contributed by atoms with Gasteiger partial charge >= 0.3 is 0 Å². The molecular formula is C17H21NO. The number of rotatable bonds is 4. The molecule has 1 heterocycles. The summed E-state index contributed by atoms with van der Waals surface area (Å²) in [6.45, 7) is 6.40. The van der Waals surface area contributed by atoms with Crippen LogP contribution in [0, 0.1) is 12.8 Å². The van der Waals surface area contributed by atoms with Crippen LogP contribution in [0.5, 0.6) is 0 Å². The van der Waals surface area contributed by atoms with E-state index in [-0.39, 0.29) is 0 Å². The SMILES string of the molecule is Cc1cncc(C(O)c2ccc(CC(C)C)cc2)c1. The highest BCUT2D eigenvalue weighted by Crippen LogP contribution is 2.22. The molecule has 1 aromatic carbocycles. The van der Waals surface area contributed by atoms with Gasteiger partial charge in [0.2, 0.25) is 0 Å². The van der Waals surface area contributed by atoms with Gasteiger partial charge in [0.05, 0.1) is 0 Å². The Kier molecular flexibility index (Phi) is 4.33. The lowest BCUT2D eigenvalue weighted by Crippen LogP contribution is -2.01. The van der Waals surface area contributed by atoms with E-state index < -0.39 is 6.10 Å². The summed E-state index contributed by atoms with van der Waals surface area (Å²) < 4.78 is 0. The van der Waals surface area contributed by atoms with Crippen LogP contribution < -0.4 is 0 Å². The van der Waals surface area contributed by atoms with Crippen LogP contribution >= 0.6 is 0 Å². The normalized spacial score (nSPS) is 12.7. The van der Waals surface area contributed by atoms with E-state index >= 15 is 0 Å². The molecule has 1 N–H and O–H groups in total. The van der Waals surface area contributed by atoms with E-state index in [9.17, 15) is 5.11 Å². The number of aromatic nitrogens is 1. The van der Waals surface area contributed by atoms with Gasteiger partial charge in [0.25, 0.3) is 0 Å². The third-order valence-electron chi connectivity index (χ3n) is 3.15. The minimum Gasteiger partial charge on any atom is -0.384 e. The first-order valence-corrected chi connectivity index (χ1v) is 6.74. The molecule has 0 aliphatic heterocycles. The molecule has 0 aliphatic rings. The van der Waals surface area contributed by atoms with E-state index in [4.69, 9.17) is 0 Å². The number of aliphatic hydroxyl groups excluding tert-OH is 1. The molecule has 0 fully saturated rings. The van der Waals surface area contributed by atoms with Crippen LogP contribution in [-0.4, -0.2) is 10.1 Å². The molecular weight excluding hydrogens is 234 g/mol. The molecule has 0 bridgehead atoms. The summed E-state index contributed by atoms with van der Waals surface area (Å²) in [6, 6.07) is 10.2. The zero-order chi connectivity index (χ0) is 13.8. The standard InChI is InChI=1S/C17H21NO/c1-12(2)8-14-4-6-15(7-5-14)17(19)16-9-13(3)10-18-11-16/h4-7,9-12,17,19H,8H2,1-3H3. The Balaban J connectivity index is 2.17. The summed E-state index contributed by atoms with van der Waals surface area (Å²) >= 11 is 0. The molecule has 0 aliphatic carbocycles. The molecule has 1 atom stereocenters. The molecule has 0 amide bonds. The maximum atomic E-state index is 10.3. The third-order valence-corrected chi connectivity index (χ3v) is 3.15. The maximum Gasteiger partial charge on any atom is 0.106 e. The van der Waals surface area contributed by atoms with Gasteiger partial charge in [-0.2, -0.15) is 0 Å². The Labute approximate surface area is 115 Å². The summed E-state index contributed by atoms with van der Waals surface area (Å²) in [5.41, 5.74) is 4.14. The van der Waals surface area contributed by atoms with Crippen molar-refractivity contribution in [3.8, 4) is 0 Å². The molecule has 2 rings (SSSR count). The van der Waals surface area contributed by atoms with Crippen LogP contribution in [0.25, 0.3) is 0 Å². The van der Waals surface area contributed by atoms with E-state index in [0.29, 0.717) is 5.92 Å². The zero-order valence-electron chi connectivity index (χ0n) is 11.8. The Hall–Kier alpha value is -1.67. The predicted octanol–water partition coefficient (Wildman–Crippen LogP) is 3.67. The summed E-state index contributed by atoms with van der Waals surface area (Å²) in [4.78, 5) is 4.13. The highest BCUT2D eigenvalue weighted by Gasteiger charge is 2.11. The van der Waals surface area contributed by atoms with Gasteiger partial charge < -0.3 is 5.11 Å². The summed E-state index contributed by atoms with van der Waals surface area (Å²) in [5, 5.41) is 10.3.